The first-order valence-corrected chi connectivity index (χ1v) is 11.9. The van der Waals surface area contributed by atoms with E-state index in [1.807, 2.05) is 0 Å². The third-order valence-corrected chi connectivity index (χ3v) is 6.49. The van der Waals surface area contributed by atoms with Gasteiger partial charge < -0.3 is 19.7 Å². The maximum absolute atomic E-state index is 12.8. The lowest BCUT2D eigenvalue weighted by molar-refractivity contribution is -0.137. The van der Waals surface area contributed by atoms with Crippen LogP contribution in [0.3, 0.4) is 0 Å². The second-order valence-electron chi connectivity index (χ2n) is 7.59. The molecule has 0 spiro atoms. The van der Waals surface area contributed by atoms with Gasteiger partial charge in [-0.1, -0.05) is 35.3 Å². The summed E-state index contributed by atoms with van der Waals surface area (Å²) in [6.45, 7) is 2.09. The molecule has 0 atom stereocenters. The lowest BCUT2D eigenvalue weighted by Crippen LogP contribution is -2.43. The molecule has 8 nitrogen and oxygen atoms in total. The number of benzene rings is 2. The average Bonchev–Trinajstić information content (AvgIpc) is 3.07. The Hall–Kier alpha value is -2.59. The van der Waals surface area contributed by atoms with Crippen LogP contribution < -0.4 is 10.1 Å². The summed E-state index contributed by atoms with van der Waals surface area (Å²) >= 11 is 15.5. The van der Waals surface area contributed by atoms with Crippen molar-refractivity contribution in [1.29, 1.82) is 0 Å². The fourth-order valence-electron chi connectivity index (χ4n) is 3.47. The van der Waals surface area contributed by atoms with E-state index in [9.17, 15) is 14.4 Å². The monoisotopic (exact) mass is 567 g/mol. The molecule has 0 aromatic heterocycles. The summed E-state index contributed by atoms with van der Waals surface area (Å²) in [5.41, 5.74) is 1.40. The highest BCUT2D eigenvalue weighted by Crippen LogP contribution is 2.28. The first-order valence-electron chi connectivity index (χ1n) is 10.4. The number of carbonyl (C=O) groups is 3. The van der Waals surface area contributed by atoms with E-state index in [0.29, 0.717) is 57.7 Å². The highest BCUT2D eigenvalue weighted by molar-refractivity contribution is 9.10. The molecular weight excluding hydrogens is 549 g/mol. The van der Waals surface area contributed by atoms with Crippen LogP contribution in [-0.2, 0) is 20.9 Å². The van der Waals surface area contributed by atoms with E-state index < -0.39 is 11.9 Å². The summed E-state index contributed by atoms with van der Waals surface area (Å²) in [6, 6.07) is 9.49. The van der Waals surface area contributed by atoms with Crippen LogP contribution in [0.25, 0.3) is 6.08 Å². The number of amides is 4. The first kappa shape index (κ1) is 24.5. The Kier molecular flexibility index (Phi) is 7.77. The molecule has 2 aromatic carbocycles. The van der Waals surface area contributed by atoms with E-state index in [1.165, 1.54) is 0 Å². The lowest BCUT2D eigenvalue weighted by atomic mass is 10.1. The molecule has 2 fully saturated rings. The molecule has 178 valence electrons. The van der Waals surface area contributed by atoms with E-state index in [0.717, 1.165) is 4.90 Å². The quantitative estimate of drug-likeness (QED) is 0.419. The van der Waals surface area contributed by atoms with E-state index in [2.05, 4.69) is 21.2 Å². The van der Waals surface area contributed by atoms with Gasteiger partial charge in [-0.05, 0) is 57.4 Å². The molecule has 0 bridgehead atoms. The minimum absolute atomic E-state index is 0.0195. The number of nitrogens with zero attached hydrogens (tertiary/aromatic N) is 2. The predicted molar refractivity (Wildman–Crippen MR) is 131 cm³/mol. The van der Waals surface area contributed by atoms with Crippen LogP contribution in [0.15, 0.2) is 46.6 Å². The third kappa shape index (κ3) is 5.72. The molecule has 0 unspecified atom stereocenters. The number of ether oxygens (including phenoxy) is 2. The molecule has 2 saturated heterocycles. The standard InChI is InChI=1S/C23H20BrCl2N3O5/c24-17-9-14(1-4-20(17)34-13-21(30)28-5-7-33-8-6-28)10-19-22(31)29(23(32)27-19)12-15-2-3-16(25)11-18(15)26/h1-4,9-11H,5-8,12-13H2,(H,27,32)/b19-10-. The summed E-state index contributed by atoms with van der Waals surface area (Å²) in [6.07, 6.45) is 1.57. The van der Waals surface area contributed by atoms with E-state index >= 15 is 0 Å². The predicted octanol–water partition coefficient (Wildman–Crippen LogP) is 4.09. The van der Waals surface area contributed by atoms with Gasteiger partial charge >= 0.3 is 6.03 Å². The molecule has 2 heterocycles. The maximum atomic E-state index is 12.8. The van der Waals surface area contributed by atoms with E-state index in [-0.39, 0.29) is 24.8 Å². The number of carbonyl (C=O) groups excluding carboxylic acids is 3. The number of hydrogen-bond donors (Lipinski definition) is 1. The van der Waals surface area contributed by atoms with Gasteiger partial charge in [0, 0.05) is 23.1 Å². The van der Waals surface area contributed by atoms with Crippen molar-refractivity contribution in [3.8, 4) is 5.75 Å². The topological polar surface area (TPSA) is 88.2 Å². The van der Waals surface area contributed by atoms with Crippen LogP contribution in [0, 0.1) is 0 Å². The van der Waals surface area contributed by atoms with Gasteiger partial charge in [0.15, 0.2) is 6.61 Å². The molecule has 0 aliphatic carbocycles. The number of nitrogens with one attached hydrogen (secondary N) is 1. The maximum Gasteiger partial charge on any atom is 0.329 e. The zero-order chi connectivity index (χ0) is 24.2. The van der Waals surface area contributed by atoms with Crippen LogP contribution in [-0.4, -0.2) is 60.6 Å². The first-order chi connectivity index (χ1) is 16.3. The Balaban J connectivity index is 1.41. The Morgan fingerprint density at radius 2 is 1.91 bits per heavy atom. The fourth-order valence-corrected chi connectivity index (χ4v) is 4.45. The van der Waals surface area contributed by atoms with Crippen molar-refractivity contribution in [2.75, 3.05) is 32.9 Å². The number of urea groups is 1. The second-order valence-corrected chi connectivity index (χ2v) is 9.28. The number of halogens is 3. The summed E-state index contributed by atoms with van der Waals surface area (Å²) in [4.78, 5) is 40.2. The minimum atomic E-state index is -0.539. The van der Waals surface area contributed by atoms with Gasteiger partial charge in [-0.25, -0.2) is 4.79 Å². The van der Waals surface area contributed by atoms with Crippen LogP contribution in [0.2, 0.25) is 10.0 Å². The van der Waals surface area contributed by atoms with Crippen LogP contribution >= 0.6 is 39.1 Å². The largest absolute Gasteiger partial charge is 0.483 e. The van der Waals surface area contributed by atoms with Crippen molar-refractivity contribution >= 4 is 63.1 Å². The van der Waals surface area contributed by atoms with Crippen LogP contribution in [0.5, 0.6) is 5.75 Å². The van der Waals surface area contributed by atoms with Gasteiger partial charge in [0.2, 0.25) is 0 Å². The van der Waals surface area contributed by atoms with Crippen molar-refractivity contribution in [3.05, 3.63) is 67.7 Å². The van der Waals surface area contributed by atoms with Gasteiger partial charge in [-0.15, -0.1) is 0 Å². The summed E-state index contributed by atoms with van der Waals surface area (Å²) in [5, 5.41) is 3.43. The minimum Gasteiger partial charge on any atom is -0.483 e. The smallest absolute Gasteiger partial charge is 0.329 e. The molecular formula is C23H20BrCl2N3O5. The normalized spacial score (nSPS) is 17.3. The van der Waals surface area contributed by atoms with Crippen LogP contribution in [0.4, 0.5) is 4.79 Å². The fraction of sp³-hybridized carbons (Fsp3) is 0.261. The van der Waals surface area contributed by atoms with E-state index in [4.69, 9.17) is 32.7 Å². The second kappa shape index (κ2) is 10.8. The lowest BCUT2D eigenvalue weighted by Gasteiger charge is -2.26. The van der Waals surface area contributed by atoms with Crippen molar-refractivity contribution in [1.82, 2.24) is 15.1 Å². The van der Waals surface area contributed by atoms with Crippen molar-refractivity contribution < 1.29 is 23.9 Å². The molecule has 0 saturated carbocycles. The number of imide groups is 1. The summed E-state index contributed by atoms with van der Waals surface area (Å²) in [5.74, 6) is -0.0883. The van der Waals surface area contributed by atoms with Crippen molar-refractivity contribution in [2.45, 2.75) is 6.54 Å². The molecule has 2 aliphatic rings. The molecule has 1 N–H and O–H groups in total. The molecule has 4 rings (SSSR count). The zero-order valence-corrected chi connectivity index (χ0v) is 21.0. The summed E-state index contributed by atoms with van der Waals surface area (Å²) in [7, 11) is 0. The van der Waals surface area contributed by atoms with E-state index in [1.54, 1.807) is 47.4 Å². The zero-order valence-electron chi connectivity index (χ0n) is 17.9. The molecule has 2 aliphatic heterocycles. The van der Waals surface area contributed by atoms with Gasteiger partial charge in [-0.2, -0.15) is 0 Å². The van der Waals surface area contributed by atoms with Gasteiger partial charge in [-0.3, -0.25) is 14.5 Å². The third-order valence-electron chi connectivity index (χ3n) is 5.29. The van der Waals surface area contributed by atoms with Crippen LogP contribution in [0.1, 0.15) is 11.1 Å². The average molecular weight is 569 g/mol. The highest BCUT2D eigenvalue weighted by Gasteiger charge is 2.34. The van der Waals surface area contributed by atoms with Gasteiger partial charge in [0.1, 0.15) is 11.4 Å². The summed E-state index contributed by atoms with van der Waals surface area (Å²) < 4.78 is 11.5. The Morgan fingerprint density at radius 3 is 2.62 bits per heavy atom. The SMILES string of the molecule is O=C(COc1ccc(/C=C2\NC(=O)N(Cc3ccc(Cl)cc3Cl)C2=O)cc1Br)N1CCOCC1. The Labute approximate surface area is 214 Å². The molecule has 4 amide bonds. The number of morpholine rings is 1. The molecule has 34 heavy (non-hydrogen) atoms. The van der Waals surface area contributed by atoms with Crippen molar-refractivity contribution in [3.63, 3.8) is 0 Å². The van der Waals surface area contributed by atoms with Crippen molar-refractivity contribution in [2.24, 2.45) is 0 Å². The van der Waals surface area contributed by atoms with Gasteiger partial charge in [0.25, 0.3) is 11.8 Å². The molecule has 11 heteroatoms. The number of rotatable bonds is 6. The Morgan fingerprint density at radius 1 is 1.15 bits per heavy atom. The van der Waals surface area contributed by atoms with Gasteiger partial charge in [0.05, 0.1) is 24.2 Å². The molecule has 2 aromatic rings. The highest BCUT2D eigenvalue weighted by atomic mass is 79.9. The molecule has 0 radical (unpaired) electrons. The Bertz CT molecular complexity index is 1170. The number of hydrogen-bond acceptors (Lipinski definition) is 5.